The molecule has 4 heterocycles. The molecule has 248 valence electrons. The fourth-order valence-corrected chi connectivity index (χ4v) is 7.67. The Morgan fingerprint density at radius 2 is 0.887 bits per heavy atom. The molecule has 0 radical (unpaired) electrons. The van der Waals surface area contributed by atoms with Gasteiger partial charge in [-0.15, -0.1) is 0 Å². The first-order chi connectivity index (χ1) is 26.3. The first kappa shape index (κ1) is 29.4. The highest BCUT2D eigenvalue weighted by molar-refractivity contribution is 6.24. The fraction of sp³-hybridized carbons (Fsp3) is 0. The Bertz CT molecular complexity index is 3100. The summed E-state index contributed by atoms with van der Waals surface area (Å²) in [6.07, 6.45) is 0. The van der Waals surface area contributed by atoms with E-state index in [9.17, 15) is 0 Å². The molecule has 0 amide bonds. The summed E-state index contributed by atoms with van der Waals surface area (Å²) < 4.78 is 11.2. The average molecular weight is 681 g/mol. The van der Waals surface area contributed by atoms with Crippen LogP contribution in [0.5, 0.6) is 0 Å². The predicted molar refractivity (Wildman–Crippen MR) is 212 cm³/mol. The molecule has 0 spiro atoms. The van der Waals surface area contributed by atoms with E-state index in [1.807, 2.05) is 97.1 Å². The number of para-hydroxylation sites is 3. The van der Waals surface area contributed by atoms with Gasteiger partial charge in [-0.25, -0.2) is 9.97 Å². The van der Waals surface area contributed by atoms with Crippen molar-refractivity contribution < 1.29 is 4.42 Å². The fourth-order valence-electron chi connectivity index (χ4n) is 7.67. The number of hydrogen-bond donors (Lipinski definition) is 0. The minimum Gasteiger partial charge on any atom is -0.434 e. The van der Waals surface area contributed by atoms with Gasteiger partial charge in [0.2, 0.25) is 11.8 Å². The summed E-state index contributed by atoms with van der Waals surface area (Å²) in [7, 11) is 0. The topological polar surface area (TPSA) is 74.6 Å². The van der Waals surface area contributed by atoms with Gasteiger partial charge < -0.3 is 8.98 Å². The maximum absolute atomic E-state index is 6.65. The van der Waals surface area contributed by atoms with Gasteiger partial charge in [-0.05, 0) is 36.4 Å². The van der Waals surface area contributed by atoms with Gasteiger partial charge in [0.15, 0.2) is 17.2 Å². The number of benzene rings is 7. The molecule has 7 nitrogen and oxygen atoms in total. The highest BCUT2D eigenvalue weighted by Crippen LogP contribution is 2.43. The molecular formula is C46H28N6O. The van der Waals surface area contributed by atoms with Gasteiger partial charge in [0.25, 0.3) is 0 Å². The lowest BCUT2D eigenvalue weighted by Gasteiger charge is -2.13. The highest BCUT2D eigenvalue weighted by atomic mass is 16.3. The van der Waals surface area contributed by atoms with Crippen molar-refractivity contribution in [3.05, 3.63) is 170 Å². The number of fused-ring (bicyclic) bond motifs is 8. The molecule has 0 unspecified atom stereocenters. The molecule has 11 aromatic rings. The van der Waals surface area contributed by atoms with Gasteiger partial charge in [-0.2, -0.15) is 9.97 Å². The number of aromatic nitrogens is 6. The van der Waals surface area contributed by atoms with E-state index in [4.69, 9.17) is 24.4 Å². The van der Waals surface area contributed by atoms with Crippen LogP contribution in [0.25, 0.3) is 101 Å². The van der Waals surface area contributed by atoms with Crippen molar-refractivity contribution in [1.29, 1.82) is 0 Å². The van der Waals surface area contributed by atoms with E-state index < -0.39 is 0 Å². The van der Waals surface area contributed by atoms with E-state index >= 15 is 0 Å². The van der Waals surface area contributed by atoms with Crippen molar-refractivity contribution in [2.24, 2.45) is 0 Å². The van der Waals surface area contributed by atoms with Crippen LogP contribution in [0, 0.1) is 0 Å². The quantitative estimate of drug-likeness (QED) is 0.181. The van der Waals surface area contributed by atoms with Crippen LogP contribution in [0.2, 0.25) is 0 Å². The minimum absolute atomic E-state index is 0.539. The molecule has 11 rings (SSSR count). The zero-order chi connectivity index (χ0) is 34.9. The zero-order valence-electron chi connectivity index (χ0n) is 28.3. The Hall–Kier alpha value is -7.38. The summed E-state index contributed by atoms with van der Waals surface area (Å²) in [4.78, 5) is 20.4. The van der Waals surface area contributed by atoms with Gasteiger partial charge in [0.05, 0.1) is 27.8 Å². The number of nitrogens with zero attached hydrogens (tertiary/aromatic N) is 6. The molecule has 0 fully saturated rings. The van der Waals surface area contributed by atoms with E-state index in [0.29, 0.717) is 29.1 Å². The lowest BCUT2D eigenvalue weighted by atomic mass is 10.1. The molecule has 0 bridgehead atoms. The highest BCUT2D eigenvalue weighted by Gasteiger charge is 2.25. The maximum atomic E-state index is 6.65. The van der Waals surface area contributed by atoms with E-state index in [0.717, 1.165) is 71.5 Å². The third kappa shape index (κ3) is 4.54. The summed E-state index contributed by atoms with van der Waals surface area (Å²) in [6, 6.07) is 57.9. The number of hydrogen-bond acceptors (Lipinski definition) is 5. The molecule has 0 atom stereocenters. The summed E-state index contributed by atoms with van der Waals surface area (Å²) in [5.41, 5.74) is 9.24. The van der Waals surface area contributed by atoms with Crippen molar-refractivity contribution in [2.75, 3.05) is 0 Å². The average Bonchev–Trinajstić information content (AvgIpc) is 3.92. The molecule has 0 aliphatic rings. The Labute approximate surface area is 303 Å². The van der Waals surface area contributed by atoms with Crippen molar-refractivity contribution in [3.8, 4) is 45.9 Å². The van der Waals surface area contributed by atoms with Crippen LogP contribution < -0.4 is 0 Å². The van der Waals surface area contributed by atoms with E-state index in [1.54, 1.807) is 0 Å². The summed E-state index contributed by atoms with van der Waals surface area (Å²) in [5, 5.41) is 4.44. The van der Waals surface area contributed by atoms with Crippen LogP contribution in [0.1, 0.15) is 0 Å². The third-order valence-electron chi connectivity index (χ3n) is 10.0. The second-order valence-corrected chi connectivity index (χ2v) is 13.1. The van der Waals surface area contributed by atoms with Crippen LogP contribution in [0.4, 0.5) is 0 Å². The van der Waals surface area contributed by atoms with Gasteiger partial charge in [-0.1, -0.05) is 133 Å². The van der Waals surface area contributed by atoms with Crippen molar-refractivity contribution in [3.63, 3.8) is 0 Å². The second-order valence-electron chi connectivity index (χ2n) is 13.1. The minimum atomic E-state index is 0.539. The normalized spacial score (nSPS) is 11.8. The molecular weight excluding hydrogens is 653 g/mol. The molecule has 0 N–H and O–H groups in total. The predicted octanol–water partition coefficient (Wildman–Crippen LogP) is 11.2. The first-order valence-corrected chi connectivity index (χ1v) is 17.6. The van der Waals surface area contributed by atoms with Gasteiger partial charge in [-0.3, -0.25) is 4.57 Å². The van der Waals surface area contributed by atoms with Crippen LogP contribution >= 0.6 is 0 Å². The van der Waals surface area contributed by atoms with Crippen molar-refractivity contribution >= 4 is 54.7 Å². The Balaban J connectivity index is 1.29. The van der Waals surface area contributed by atoms with Gasteiger partial charge in [0.1, 0.15) is 5.52 Å². The lowest BCUT2D eigenvalue weighted by Crippen LogP contribution is -2.07. The molecule has 53 heavy (non-hydrogen) atoms. The molecule has 0 saturated heterocycles. The van der Waals surface area contributed by atoms with Crippen LogP contribution in [0.3, 0.4) is 0 Å². The van der Waals surface area contributed by atoms with Gasteiger partial charge >= 0.3 is 0 Å². The summed E-state index contributed by atoms with van der Waals surface area (Å²) in [5.74, 6) is 2.33. The summed E-state index contributed by atoms with van der Waals surface area (Å²) >= 11 is 0. The van der Waals surface area contributed by atoms with Crippen LogP contribution in [0.15, 0.2) is 174 Å². The molecule has 7 aromatic carbocycles. The second kappa shape index (κ2) is 11.6. The monoisotopic (exact) mass is 680 g/mol. The van der Waals surface area contributed by atoms with E-state index in [1.165, 1.54) is 0 Å². The Kier molecular flexibility index (Phi) is 6.42. The molecule has 0 aliphatic carbocycles. The first-order valence-electron chi connectivity index (χ1n) is 17.6. The van der Waals surface area contributed by atoms with Crippen molar-refractivity contribution in [1.82, 2.24) is 29.1 Å². The van der Waals surface area contributed by atoms with E-state index in [2.05, 4.69) is 81.9 Å². The lowest BCUT2D eigenvalue weighted by molar-refractivity contribution is 0.618. The van der Waals surface area contributed by atoms with Gasteiger partial charge in [0, 0.05) is 38.2 Å². The molecule has 4 aromatic heterocycles. The Morgan fingerprint density at radius 1 is 0.377 bits per heavy atom. The maximum Gasteiger partial charge on any atom is 0.238 e. The molecule has 7 heteroatoms. The number of rotatable bonds is 5. The Morgan fingerprint density at radius 3 is 1.49 bits per heavy atom. The summed E-state index contributed by atoms with van der Waals surface area (Å²) in [6.45, 7) is 0. The van der Waals surface area contributed by atoms with Crippen LogP contribution in [-0.4, -0.2) is 29.1 Å². The molecule has 0 aliphatic heterocycles. The van der Waals surface area contributed by atoms with E-state index in [-0.39, 0.29) is 0 Å². The van der Waals surface area contributed by atoms with Crippen molar-refractivity contribution in [2.45, 2.75) is 0 Å². The van der Waals surface area contributed by atoms with Crippen LogP contribution in [-0.2, 0) is 0 Å². The largest absolute Gasteiger partial charge is 0.434 e. The molecule has 0 saturated carbocycles. The third-order valence-corrected chi connectivity index (χ3v) is 10.0. The zero-order valence-corrected chi connectivity index (χ0v) is 28.3. The smallest absolute Gasteiger partial charge is 0.238 e. The SMILES string of the molecule is c1ccc(-c2nc(-c3ccccc3)nc(-n3c4ccccc4c4ccc5c6ccccc6n(-c6cccc7nc(-c8ccccc8)oc67)c5c43)n2)cc1. The standard InChI is InChI=1S/C46H28N6O/c1-4-15-29(16-5-1)43-48-44(30-17-6-2-7-18-30)50-46(49-43)52-38-25-13-11-22-33(38)35-28-27-34-32-21-10-12-24-37(32)51(40(34)41(35)52)39-26-14-23-36-42(39)53-45(47-36)31-19-8-3-9-20-31/h1-28H. The number of oxazole rings is 1.